The van der Waals surface area contributed by atoms with Gasteiger partial charge in [0.25, 0.3) is 11.7 Å². The molecule has 1 aliphatic rings. The van der Waals surface area contributed by atoms with Crippen LogP contribution >= 0.6 is 11.6 Å². The van der Waals surface area contributed by atoms with Gasteiger partial charge in [0, 0.05) is 36.1 Å². The molecule has 0 bridgehead atoms. The molecule has 1 atom stereocenters. The number of aliphatic hydroxyl groups is 1. The number of nitrogens with zero attached hydrogens (tertiary/aromatic N) is 3. The highest BCUT2D eigenvalue weighted by molar-refractivity contribution is 6.46. The molecule has 1 amide bonds. The largest absolute Gasteiger partial charge is 0.507 e. The van der Waals surface area contributed by atoms with E-state index in [0.717, 1.165) is 5.56 Å². The molecule has 6 nitrogen and oxygen atoms in total. The monoisotopic (exact) mass is 421 g/mol. The number of benzene rings is 2. The summed E-state index contributed by atoms with van der Waals surface area (Å²) in [6, 6.07) is 15.1. The van der Waals surface area contributed by atoms with Gasteiger partial charge in [0.1, 0.15) is 5.76 Å². The maximum atomic E-state index is 12.9. The Hall–Kier alpha value is -3.38. The number of carbonyl (C=O) groups is 2. The lowest BCUT2D eigenvalue weighted by molar-refractivity contribution is -0.139. The molecule has 7 heteroatoms. The lowest BCUT2D eigenvalue weighted by Crippen LogP contribution is -2.31. The highest BCUT2D eigenvalue weighted by Gasteiger charge is 2.45. The van der Waals surface area contributed by atoms with Gasteiger partial charge in [-0.25, -0.2) is 4.98 Å². The van der Waals surface area contributed by atoms with Crippen LogP contribution in [-0.4, -0.2) is 37.8 Å². The van der Waals surface area contributed by atoms with Crippen LogP contribution < -0.4 is 0 Å². The Morgan fingerprint density at radius 1 is 1.03 bits per heavy atom. The first-order valence-corrected chi connectivity index (χ1v) is 9.99. The van der Waals surface area contributed by atoms with Crippen molar-refractivity contribution in [2.45, 2.75) is 19.0 Å². The van der Waals surface area contributed by atoms with Crippen LogP contribution in [0.4, 0.5) is 0 Å². The zero-order chi connectivity index (χ0) is 21.1. The van der Waals surface area contributed by atoms with Crippen LogP contribution in [0.1, 0.15) is 23.6 Å². The molecule has 0 aliphatic carbocycles. The van der Waals surface area contributed by atoms with Gasteiger partial charge in [-0.3, -0.25) is 9.59 Å². The minimum atomic E-state index is -0.682. The number of likely N-dealkylation sites (tertiary alicyclic amines) is 1. The Bertz CT molecular complexity index is 1080. The average molecular weight is 422 g/mol. The third kappa shape index (κ3) is 3.86. The van der Waals surface area contributed by atoms with Crippen LogP contribution in [0, 0.1) is 0 Å². The molecule has 1 N–H and O–H groups in total. The number of hydrogen-bond acceptors (Lipinski definition) is 4. The predicted molar refractivity (Wildman–Crippen MR) is 114 cm³/mol. The van der Waals surface area contributed by atoms with Crippen molar-refractivity contribution in [1.29, 1.82) is 0 Å². The number of amides is 1. The number of aliphatic hydroxyl groups excluding tert-OH is 1. The summed E-state index contributed by atoms with van der Waals surface area (Å²) in [6.45, 7) is 1.02. The van der Waals surface area contributed by atoms with Crippen LogP contribution in [-0.2, 0) is 16.1 Å². The van der Waals surface area contributed by atoms with Gasteiger partial charge < -0.3 is 14.6 Å². The highest BCUT2D eigenvalue weighted by atomic mass is 35.5. The van der Waals surface area contributed by atoms with Crippen molar-refractivity contribution in [1.82, 2.24) is 14.5 Å². The molecule has 0 unspecified atom stereocenters. The topological polar surface area (TPSA) is 75.4 Å². The Labute approximate surface area is 179 Å². The number of halogens is 1. The second-order valence-electron chi connectivity index (χ2n) is 7.06. The van der Waals surface area contributed by atoms with Gasteiger partial charge in [0.2, 0.25) is 0 Å². The Morgan fingerprint density at radius 2 is 1.77 bits per heavy atom. The third-order valence-electron chi connectivity index (χ3n) is 5.15. The molecule has 2 aromatic carbocycles. The molecule has 2 heterocycles. The molecule has 1 fully saturated rings. The zero-order valence-corrected chi connectivity index (χ0v) is 16.9. The highest BCUT2D eigenvalue weighted by Crippen LogP contribution is 2.39. The van der Waals surface area contributed by atoms with Gasteiger partial charge in [-0.2, -0.15) is 0 Å². The van der Waals surface area contributed by atoms with Gasteiger partial charge >= 0.3 is 0 Å². The first-order valence-electron chi connectivity index (χ1n) is 9.61. The lowest BCUT2D eigenvalue weighted by atomic mass is 9.95. The molecule has 1 aromatic heterocycles. The standard InChI is InChI=1S/C23H20ClN3O3/c24-18-9-7-16(8-10-18)20-19(21(28)17-5-2-1-3-6-17)22(29)23(30)27(20)13-4-12-26-14-11-25-15-26/h1-3,5-11,14-15,20,28H,4,12-13H2/b21-19+/t20-/m0/s1. The average Bonchev–Trinajstić information content (AvgIpc) is 3.37. The van der Waals surface area contributed by atoms with E-state index < -0.39 is 17.7 Å². The number of ketones is 1. The van der Waals surface area contributed by atoms with E-state index in [4.69, 9.17) is 11.6 Å². The van der Waals surface area contributed by atoms with Crippen molar-refractivity contribution in [3.63, 3.8) is 0 Å². The van der Waals surface area contributed by atoms with E-state index in [-0.39, 0.29) is 11.3 Å². The van der Waals surface area contributed by atoms with Crippen LogP contribution in [0.25, 0.3) is 5.76 Å². The fourth-order valence-corrected chi connectivity index (χ4v) is 3.82. The van der Waals surface area contributed by atoms with E-state index in [1.165, 1.54) is 4.90 Å². The first kappa shape index (κ1) is 19.9. The van der Waals surface area contributed by atoms with Gasteiger partial charge in [0.05, 0.1) is 17.9 Å². The molecular weight excluding hydrogens is 402 g/mol. The summed E-state index contributed by atoms with van der Waals surface area (Å²) in [5, 5.41) is 11.5. The maximum Gasteiger partial charge on any atom is 0.295 e. The van der Waals surface area contributed by atoms with E-state index in [1.54, 1.807) is 61.1 Å². The molecule has 3 aromatic rings. The maximum absolute atomic E-state index is 12.9. The van der Waals surface area contributed by atoms with Crippen LogP contribution in [0.3, 0.4) is 0 Å². The van der Waals surface area contributed by atoms with Crippen LogP contribution in [0.15, 0.2) is 78.9 Å². The quantitative estimate of drug-likeness (QED) is 0.370. The summed E-state index contributed by atoms with van der Waals surface area (Å²) in [4.78, 5) is 31.3. The minimum Gasteiger partial charge on any atom is -0.507 e. The fourth-order valence-electron chi connectivity index (χ4n) is 3.70. The normalized spacial score (nSPS) is 18.2. The molecular formula is C23H20ClN3O3. The predicted octanol–water partition coefficient (Wildman–Crippen LogP) is 4.05. The second-order valence-corrected chi connectivity index (χ2v) is 7.50. The summed E-state index contributed by atoms with van der Waals surface area (Å²) in [6.07, 6.45) is 5.89. The van der Waals surface area contributed by atoms with Crippen molar-refractivity contribution in [3.8, 4) is 0 Å². The second kappa shape index (κ2) is 8.55. The van der Waals surface area contributed by atoms with Crippen molar-refractivity contribution in [2.75, 3.05) is 6.54 Å². The number of aromatic nitrogens is 2. The van der Waals surface area contributed by atoms with Crippen LogP contribution in [0.5, 0.6) is 0 Å². The van der Waals surface area contributed by atoms with Crippen molar-refractivity contribution < 1.29 is 14.7 Å². The summed E-state index contributed by atoms with van der Waals surface area (Å²) in [7, 11) is 0. The molecule has 4 rings (SSSR count). The number of Topliss-reactive ketones (excluding diaryl/α,β-unsaturated/α-hetero) is 1. The van der Waals surface area contributed by atoms with E-state index in [2.05, 4.69) is 4.98 Å². The molecule has 0 spiro atoms. The summed E-state index contributed by atoms with van der Waals surface area (Å²) in [5.74, 6) is -1.47. The van der Waals surface area contributed by atoms with Crippen molar-refractivity contribution in [2.24, 2.45) is 0 Å². The summed E-state index contributed by atoms with van der Waals surface area (Å²) in [5.41, 5.74) is 1.31. The lowest BCUT2D eigenvalue weighted by Gasteiger charge is -2.25. The van der Waals surface area contributed by atoms with E-state index >= 15 is 0 Å². The first-order chi connectivity index (χ1) is 14.6. The fraction of sp³-hybridized carbons (Fsp3) is 0.174. The summed E-state index contributed by atoms with van der Waals surface area (Å²) >= 11 is 6.03. The molecule has 1 saturated heterocycles. The van der Waals surface area contributed by atoms with E-state index in [9.17, 15) is 14.7 Å². The Kier molecular flexibility index (Phi) is 5.68. The van der Waals surface area contributed by atoms with Crippen LogP contribution in [0.2, 0.25) is 5.02 Å². The van der Waals surface area contributed by atoms with E-state index in [0.29, 0.717) is 30.1 Å². The zero-order valence-electron chi connectivity index (χ0n) is 16.1. The minimum absolute atomic E-state index is 0.0937. The smallest absolute Gasteiger partial charge is 0.295 e. The third-order valence-corrected chi connectivity index (χ3v) is 5.40. The SMILES string of the molecule is O=C1C(=O)N(CCCn2ccnc2)[C@@H](c2ccc(Cl)cc2)/C1=C(\O)c1ccccc1. The molecule has 1 aliphatic heterocycles. The molecule has 30 heavy (non-hydrogen) atoms. The summed E-state index contributed by atoms with van der Waals surface area (Å²) < 4.78 is 1.91. The Morgan fingerprint density at radius 3 is 2.43 bits per heavy atom. The molecule has 0 saturated carbocycles. The molecule has 0 radical (unpaired) electrons. The number of imidazole rings is 1. The van der Waals surface area contributed by atoms with E-state index in [1.807, 2.05) is 16.8 Å². The Balaban J connectivity index is 1.72. The van der Waals surface area contributed by atoms with Crippen molar-refractivity contribution >= 4 is 29.1 Å². The van der Waals surface area contributed by atoms with Crippen molar-refractivity contribution in [3.05, 3.63) is 95.0 Å². The molecule has 152 valence electrons. The van der Waals surface area contributed by atoms with Gasteiger partial charge in [-0.1, -0.05) is 54.1 Å². The van der Waals surface area contributed by atoms with Gasteiger partial charge in [-0.15, -0.1) is 0 Å². The number of hydrogen-bond donors (Lipinski definition) is 1. The number of aryl methyl sites for hydroxylation is 1. The number of rotatable bonds is 6. The van der Waals surface area contributed by atoms with Gasteiger partial charge in [-0.05, 0) is 24.1 Å². The number of carbonyl (C=O) groups excluding carboxylic acids is 2. The van der Waals surface area contributed by atoms with Gasteiger partial charge in [0.15, 0.2) is 0 Å².